The minimum atomic E-state index is -5.10. The number of nitrogens with zero attached hydrogens (tertiary/aromatic N) is 5. The summed E-state index contributed by atoms with van der Waals surface area (Å²) in [6.07, 6.45) is -2.53. The summed E-state index contributed by atoms with van der Waals surface area (Å²) in [5.74, 6) is -5.43. The lowest BCUT2D eigenvalue weighted by atomic mass is 9.91. The minimum Gasteiger partial charge on any atom is -0.467 e. The van der Waals surface area contributed by atoms with Gasteiger partial charge in [0.05, 0.1) is 28.4 Å². The molecule has 1 spiro atoms. The van der Waals surface area contributed by atoms with E-state index in [4.69, 9.17) is 4.74 Å². The van der Waals surface area contributed by atoms with Crippen LogP contribution in [0.15, 0.2) is 18.2 Å². The van der Waals surface area contributed by atoms with Crippen LogP contribution in [-0.4, -0.2) is 66.3 Å². The van der Waals surface area contributed by atoms with Crippen LogP contribution in [0.3, 0.4) is 0 Å². The van der Waals surface area contributed by atoms with Gasteiger partial charge in [-0.2, -0.15) is 28.4 Å². The third-order valence-electron chi connectivity index (χ3n) is 10.4. The Labute approximate surface area is 286 Å². The maximum Gasteiger partial charge on any atom is 0.417 e. The van der Waals surface area contributed by atoms with E-state index in [2.05, 4.69) is 14.9 Å². The Morgan fingerprint density at radius 1 is 1.14 bits per heavy atom. The van der Waals surface area contributed by atoms with Crippen LogP contribution in [0.1, 0.15) is 67.9 Å². The van der Waals surface area contributed by atoms with Gasteiger partial charge in [-0.05, 0) is 55.8 Å². The van der Waals surface area contributed by atoms with Gasteiger partial charge in [0.15, 0.2) is 5.82 Å². The van der Waals surface area contributed by atoms with Crippen LogP contribution in [0.25, 0.3) is 32.1 Å². The van der Waals surface area contributed by atoms with Crippen molar-refractivity contribution in [2.75, 3.05) is 38.2 Å². The number of hydrogen-bond donors (Lipinski definition) is 0. The highest BCUT2D eigenvalue weighted by molar-refractivity contribution is 7.19. The Balaban J connectivity index is 0.000000375. The van der Waals surface area contributed by atoms with Gasteiger partial charge in [0.2, 0.25) is 0 Å². The van der Waals surface area contributed by atoms with Crippen LogP contribution in [-0.2, 0) is 6.18 Å². The molecule has 3 aliphatic heterocycles. The van der Waals surface area contributed by atoms with E-state index in [-0.39, 0.29) is 70.3 Å². The molecule has 3 saturated heterocycles. The summed E-state index contributed by atoms with van der Waals surface area (Å²) >= 11 is 0.931. The second-order valence-corrected chi connectivity index (χ2v) is 15.0. The van der Waals surface area contributed by atoms with E-state index in [0.29, 0.717) is 23.5 Å². The number of methoxy groups -OCH3 is 1. The van der Waals surface area contributed by atoms with E-state index in [1.165, 1.54) is 24.9 Å². The van der Waals surface area contributed by atoms with E-state index in [9.17, 15) is 36.0 Å². The highest BCUT2D eigenvalue weighted by Gasteiger charge is 2.72. The van der Waals surface area contributed by atoms with Gasteiger partial charge in [-0.15, -0.1) is 11.3 Å². The first-order valence-electron chi connectivity index (χ1n) is 16.4. The van der Waals surface area contributed by atoms with E-state index < -0.39 is 52.0 Å². The molecule has 0 amide bonds. The summed E-state index contributed by atoms with van der Waals surface area (Å²) in [5, 5.41) is 9.47. The van der Waals surface area contributed by atoms with Crippen molar-refractivity contribution in [1.29, 1.82) is 5.26 Å². The molecule has 1 aliphatic carbocycles. The topological polar surface area (TPSA) is 65.3 Å². The van der Waals surface area contributed by atoms with Crippen LogP contribution in [0, 0.1) is 28.4 Å². The van der Waals surface area contributed by atoms with Crippen LogP contribution in [0.5, 0.6) is 6.01 Å². The van der Waals surface area contributed by atoms with Crippen LogP contribution < -0.4 is 9.64 Å². The number of thiophene rings is 1. The first-order valence-corrected chi connectivity index (χ1v) is 17.2. The van der Waals surface area contributed by atoms with Gasteiger partial charge < -0.3 is 9.64 Å². The molecule has 0 N–H and O–H groups in total. The number of benzene rings is 2. The maximum absolute atomic E-state index is 16.5. The molecule has 0 radical (unpaired) electrons. The lowest BCUT2D eigenvalue weighted by Crippen LogP contribution is -2.24. The fraction of sp³-hybridized carbons (Fsp3) is 0.514. The molecule has 15 heteroatoms. The largest absolute Gasteiger partial charge is 0.467 e. The summed E-state index contributed by atoms with van der Waals surface area (Å²) in [6, 6.07) is 4.86. The van der Waals surface area contributed by atoms with E-state index >= 15 is 4.39 Å². The van der Waals surface area contributed by atoms with Crippen molar-refractivity contribution in [3.63, 3.8) is 0 Å². The molecule has 6 nitrogen and oxygen atoms in total. The molecular formula is C35H33F8N5OS. The number of hydrogen-bond acceptors (Lipinski definition) is 7. The third-order valence-corrected chi connectivity index (χ3v) is 11.9. The Morgan fingerprint density at radius 3 is 2.48 bits per heavy atom. The standard InChI is InChI=1S/C28H21F7N4OS.C7H12FN/c1-12(2)22-15(9-36)18-13(4-5-17(29)23(18)41-22)19-16(28(33,34)35)8-14-21(20(19)30)37-25(40-3)38-24(14)39-7-6-26(11-39)10-27(26,31)32;8-6-4-7-2-1-3-9(7)5-6/h4-5,8,12H,6-7,10-11H2,1-3H3;6-7H,1-5H2. The first-order chi connectivity index (χ1) is 23.6. The van der Waals surface area contributed by atoms with Gasteiger partial charge in [-0.25, -0.2) is 22.0 Å². The van der Waals surface area contributed by atoms with Crippen LogP contribution in [0.2, 0.25) is 0 Å². The average molecular weight is 724 g/mol. The molecule has 3 unspecified atom stereocenters. The van der Waals surface area contributed by atoms with Crippen LogP contribution in [0.4, 0.5) is 40.9 Å². The normalized spacial score (nSPS) is 24.3. The Morgan fingerprint density at radius 2 is 1.88 bits per heavy atom. The Kier molecular flexibility index (Phi) is 8.45. The second kappa shape index (κ2) is 12.2. The number of halogens is 8. The quantitative estimate of drug-likeness (QED) is 0.196. The van der Waals surface area contributed by atoms with Crippen molar-refractivity contribution in [3.8, 4) is 23.2 Å². The van der Waals surface area contributed by atoms with Gasteiger partial charge in [0.25, 0.3) is 5.92 Å². The Bertz CT molecular complexity index is 2030. The first kappa shape index (κ1) is 34.7. The number of anilines is 1. The number of ether oxygens (including phenoxy) is 1. The maximum atomic E-state index is 16.5. The van der Waals surface area contributed by atoms with Crippen molar-refractivity contribution in [2.45, 2.75) is 76.2 Å². The Hall–Kier alpha value is -3.77. The molecule has 5 heterocycles. The zero-order valence-corrected chi connectivity index (χ0v) is 28.2. The summed E-state index contributed by atoms with van der Waals surface area (Å²) < 4.78 is 121. The number of nitriles is 1. The van der Waals surface area contributed by atoms with Gasteiger partial charge >= 0.3 is 12.2 Å². The molecule has 4 aliphatic rings. The third kappa shape index (κ3) is 5.62. The summed E-state index contributed by atoms with van der Waals surface area (Å²) in [5.41, 5.74) is -4.46. The van der Waals surface area contributed by atoms with Gasteiger partial charge in [0, 0.05) is 53.3 Å². The van der Waals surface area contributed by atoms with E-state index in [1.54, 1.807) is 13.8 Å². The monoisotopic (exact) mass is 723 g/mol. The second-order valence-electron chi connectivity index (χ2n) is 13.9. The van der Waals surface area contributed by atoms with Gasteiger partial charge in [-0.3, -0.25) is 4.90 Å². The molecule has 4 aromatic rings. The highest BCUT2D eigenvalue weighted by Crippen LogP contribution is 2.65. The molecule has 2 aromatic heterocycles. The molecule has 0 bridgehead atoms. The molecular weight excluding hydrogens is 690 g/mol. The van der Waals surface area contributed by atoms with E-state index in [1.807, 2.05) is 6.07 Å². The minimum absolute atomic E-state index is 0.0317. The van der Waals surface area contributed by atoms with Gasteiger partial charge in [0.1, 0.15) is 29.4 Å². The molecule has 4 fully saturated rings. The number of aromatic nitrogens is 2. The number of rotatable bonds is 4. The lowest BCUT2D eigenvalue weighted by Gasteiger charge is -2.22. The molecule has 3 atom stereocenters. The average Bonchev–Trinajstić information content (AvgIpc) is 3.66. The summed E-state index contributed by atoms with van der Waals surface area (Å²) in [4.78, 5) is 12.3. The lowest BCUT2D eigenvalue weighted by molar-refractivity contribution is -0.137. The highest BCUT2D eigenvalue weighted by atomic mass is 32.1. The fourth-order valence-corrected chi connectivity index (χ4v) is 9.01. The predicted octanol–water partition coefficient (Wildman–Crippen LogP) is 9.24. The molecule has 50 heavy (non-hydrogen) atoms. The fourth-order valence-electron chi connectivity index (χ4n) is 7.83. The van der Waals surface area contributed by atoms with Crippen molar-refractivity contribution >= 4 is 38.1 Å². The summed E-state index contributed by atoms with van der Waals surface area (Å²) in [6.45, 7) is 5.27. The number of alkyl halides is 6. The molecule has 1 saturated carbocycles. The zero-order valence-electron chi connectivity index (χ0n) is 27.4. The predicted molar refractivity (Wildman–Crippen MR) is 174 cm³/mol. The molecule has 8 rings (SSSR count). The van der Waals surface area contributed by atoms with Crippen molar-refractivity contribution < 1.29 is 39.9 Å². The molecule has 266 valence electrons. The van der Waals surface area contributed by atoms with Crippen molar-refractivity contribution in [3.05, 3.63) is 45.8 Å². The van der Waals surface area contributed by atoms with E-state index in [0.717, 1.165) is 36.4 Å². The SMILES string of the molecule is COc1nc(N2CCC3(C2)CC3(F)F)c2cc(C(F)(F)F)c(-c3ccc(F)c4sc(C(C)C)c(C#N)c34)c(F)c2n1.FC1CC2CCCN2C1. The van der Waals surface area contributed by atoms with Crippen molar-refractivity contribution in [1.82, 2.24) is 14.9 Å². The zero-order chi connectivity index (χ0) is 35.9. The van der Waals surface area contributed by atoms with Gasteiger partial charge in [-0.1, -0.05) is 19.9 Å². The summed E-state index contributed by atoms with van der Waals surface area (Å²) in [7, 11) is 1.19. The van der Waals surface area contributed by atoms with Crippen LogP contribution >= 0.6 is 11.3 Å². The molecule has 2 aromatic carbocycles. The van der Waals surface area contributed by atoms with Crippen molar-refractivity contribution in [2.24, 2.45) is 5.41 Å². The number of fused-ring (bicyclic) bond motifs is 3. The smallest absolute Gasteiger partial charge is 0.417 e.